The van der Waals surface area contributed by atoms with Gasteiger partial charge < -0.3 is 10.3 Å². The number of amides is 1. The van der Waals surface area contributed by atoms with E-state index in [4.69, 9.17) is 0 Å². The number of rotatable bonds is 4. The van der Waals surface area contributed by atoms with E-state index in [2.05, 4.69) is 27.9 Å². The van der Waals surface area contributed by atoms with Crippen molar-refractivity contribution in [3.05, 3.63) is 18.2 Å². The molecule has 1 aromatic rings. The summed E-state index contributed by atoms with van der Waals surface area (Å²) in [6, 6.07) is 0. The Balaban J connectivity index is 2.15. The second-order valence-corrected chi connectivity index (χ2v) is 2.63. The number of nitrogens with zero attached hydrogens (tertiary/aromatic N) is 1. The third-order valence-electron chi connectivity index (χ3n) is 1.40. The zero-order valence-corrected chi connectivity index (χ0v) is 7.47. The van der Waals surface area contributed by atoms with Gasteiger partial charge in [0.2, 0.25) is 5.91 Å². The van der Waals surface area contributed by atoms with Gasteiger partial charge >= 0.3 is 0 Å². The number of imidazole rings is 1. The van der Waals surface area contributed by atoms with Crippen molar-refractivity contribution in [2.75, 3.05) is 12.3 Å². The minimum absolute atomic E-state index is 0.0473. The first-order valence-electron chi connectivity index (χ1n) is 3.68. The van der Waals surface area contributed by atoms with Crippen LogP contribution in [-0.4, -0.2) is 28.2 Å². The van der Waals surface area contributed by atoms with E-state index in [9.17, 15) is 4.79 Å². The van der Waals surface area contributed by atoms with Crippen LogP contribution in [0.1, 0.15) is 5.69 Å². The monoisotopic (exact) mass is 185 g/mol. The van der Waals surface area contributed by atoms with Gasteiger partial charge in [-0.05, 0) is 0 Å². The van der Waals surface area contributed by atoms with E-state index in [0.717, 1.165) is 12.1 Å². The van der Waals surface area contributed by atoms with Gasteiger partial charge in [-0.2, -0.15) is 12.6 Å². The zero-order chi connectivity index (χ0) is 8.81. The van der Waals surface area contributed by atoms with Gasteiger partial charge in [0.25, 0.3) is 0 Å². The molecule has 1 heterocycles. The molecule has 1 amide bonds. The molecular weight excluding hydrogens is 174 g/mol. The maximum absolute atomic E-state index is 10.7. The van der Waals surface area contributed by atoms with Gasteiger partial charge in [0.1, 0.15) is 0 Å². The number of hydrogen-bond donors (Lipinski definition) is 3. The second kappa shape index (κ2) is 4.82. The molecule has 1 rings (SSSR count). The molecule has 66 valence electrons. The topological polar surface area (TPSA) is 57.8 Å². The molecule has 1 aromatic heterocycles. The molecular formula is C7H11N3OS. The van der Waals surface area contributed by atoms with Crippen molar-refractivity contribution in [2.24, 2.45) is 0 Å². The summed E-state index contributed by atoms with van der Waals surface area (Å²) in [5.74, 6) is 0.189. The molecule has 0 aliphatic heterocycles. The van der Waals surface area contributed by atoms with Crippen LogP contribution in [0.25, 0.3) is 0 Å². The second-order valence-electron chi connectivity index (χ2n) is 2.32. The summed E-state index contributed by atoms with van der Waals surface area (Å²) in [6.07, 6.45) is 4.19. The van der Waals surface area contributed by atoms with Crippen LogP contribution in [0.2, 0.25) is 0 Å². The number of thiol groups is 1. The van der Waals surface area contributed by atoms with Crippen LogP contribution < -0.4 is 5.32 Å². The number of nitrogens with one attached hydrogen (secondary N) is 2. The SMILES string of the molecule is O=C(CS)NCCc1c[nH]cn1. The summed E-state index contributed by atoms with van der Waals surface area (Å²) in [4.78, 5) is 17.6. The first-order valence-corrected chi connectivity index (χ1v) is 4.31. The van der Waals surface area contributed by atoms with Gasteiger partial charge in [0, 0.05) is 19.2 Å². The lowest BCUT2D eigenvalue weighted by Crippen LogP contribution is -2.26. The smallest absolute Gasteiger partial charge is 0.229 e. The van der Waals surface area contributed by atoms with Gasteiger partial charge in [-0.25, -0.2) is 4.98 Å². The van der Waals surface area contributed by atoms with Crippen LogP contribution in [0.15, 0.2) is 12.5 Å². The van der Waals surface area contributed by atoms with Crippen molar-refractivity contribution in [3.63, 3.8) is 0 Å². The maximum Gasteiger partial charge on any atom is 0.229 e. The van der Waals surface area contributed by atoms with Crippen molar-refractivity contribution in [2.45, 2.75) is 6.42 Å². The molecule has 0 bridgehead atoms. The number of carbonyl (C=O) groups is 1. The fourth-order valence-electron chi connectivity index (χ4n) is 0.814. The molecule has 0 radical (unpaired) electrons. The third kappa shape index (κ3) is 2.96. The highest BCUT2D eigenvalue weighted by atomic mass is 32.1. The van der Waals surface area contributed by atoms with Gasteiger partial charge in [-0.3, -0.25) is 4.79 Å². The quantitative estimate of drug-likeness (QED) is 0.578. The highest BCUT2D eigenvalue weighted by Crippen LogP contribution is 1.90. The van der Waals surface area contributed by atoms with Crippen molar-refractivity contribution in [1.29, 1.82) is 0 Å². The Kier molecular flexibility index (Phi) is 3.66. The number of aromatic amines is 1. The lowest BCUT2D eigenvalue weighted by atomic mass is 10.3. The van der Waals surface area contributed by atoms with E-state index in [-0.39, 0.29) is 11.7 Å². The lowest BCUT2D eigenvalue weighted by molar-refractivity contribution is -0.118. The average Bonchev–Trinajstić information content (AvgIpc) is 2.57. The molecule has 0 saturated heterocycles. The highest BCUT2D eigenvalue weighted by Gasteiger charge is 1.97. The molecule has 0 aliphatic carbocycles. The summed E-state index contributed by atoms with van der Waals surface area (Å²) >= 11 is 3.83. The van der Waals surface area contributed by atoms with Crippen LogP contribution in [0.5, 0.6) is 0 Å². The van der Waals surface area contributed by atoms with Crippen molar-refractivity contribution in [1.82, 2.24) is 15.3 Å². The van der Waals surface area contributed by atoms with Crippen molar-refractivity contribution in [3.8, 4) is 0 Å². The molecule has 5 heteroatoms. The molecule has 0 unspecified atom stereocenters. The van der Waals surface area contributed by atoms with E-state index in [1.165, 1.54) is 0 Å². The summed E-state index contributed by atoms with van der Waals surface area (Å²) in [5, 5.41) is 2.70. The molecule has 0 spiro atoms. The highest BCUT2D eigenvalue weighted by molar-refractivity contribution is 7.81. The summed E-state index contributed by atoms with van der Waals surface area (Å²) in [5.41, 5.74) is 0.953. The van der Waals surface area contributed by atoms with Crippen molar-refractivity contribution >= 4 is 18.5 Å². The normalized spacial score (nSPS) is 9.75. The number of aromatic nitrogens is 2. The molecule has 0 atom stereocenters. The van der Waals surface area contributed by atoms with Gasteiger partial charge in [-0.1, -0.05) is 0 Å². The Morgan fingerprint density at radius 2 is 2.58 bits per heavy atom. The van der Waals surface area contributed by atoms with E-state index in [1.54, 1.807) is 6.33 Å². The van der Waals surface area contributed by atoms with Gasteiger partial charge in [0.05, 0.1) is 17.8 Å². The average molecular weight is 185 g/mol. The first-order chi connectivity index (χ1) is 5.83. The Morgan fingerprint density at radius 1 is 1.75 bits per heavy atom. The largest absolute Gasteiger partial charge is 0.355 e. The standard InChI is InChI=1S/C7H11N3OS/c11-7(4-12)9-2-1-6-3-8-5-10-6/h3,5,12H,1-2,4H2,(H,8,10)(H,9,11). The Morgan fingerprint density at radius 3 is 3.17 bits per heavy atom. The molecule has 0 saturated carbocycles. The van der Waals surface area contributed by atoms with Gasteiger partial charge in [0.15, 0.2) is 0 Å². The van der Waals surface area contributed by atoms with Crippen molar-refractivity contribution < 1.29 is 4.79 Å². The zero-order valence-electron chi connectivity index (χ0n) is 6.58. The fourth-order valence-corrected chi connectivity index (χ4v) is 0.925. The summed E-state index contributed by atoms with van der Waals surface area (Å²) in [6.45, 7) is 0.615. The van der Waals surface area contributed by atoms with Crippen LogP contribution >= 0.6 is 12.6 Å². The minimum Gasteiger partial charge on any atom is -0.355 e. The van der Waals surface area contributed by atoms with Crippen LogP contribution in [-0.2, 0) is 11.2 Å². The first kappa shape index (κ1) is 9.12. The third-order valence-corrected chi connectivity index (χ3v) is 1.69. The number of carbonyl (C=O) groups excluding carboxylic acids is 1. The molecule has 0 aliphatic rings. The number of H-pyrrole nitrogens is 1. The van der Waals surface area contributed by atoms with E-state index in [1.807, 2.05) is 6.20 Å². The summed E-state index contributed by atoms with van der Waals surface area (Å²) < 4.78 is 0. The lowest BCUT2D eigenvalue weighted by Gasteiger charge is -1.99. The van der Waals surface area contributed by atoms with E-state index < -0.39 is 0 Å². The predicted octanol–water partition coefficient (Wildman–Crippen LogP) is -0.00180. The minimum atomic E-state index is -0.0473. The molecule has 12 heavy (non-hydrogen) atoms. The van der Waals surface area contributed by atoms with E-state index >= 15 is 0 Å². The van der Waals surface area contributed by atoms with Crippen LogP contribution in [0.3, 0.4) is 0 Å². The predicted molar refractivity (Wildman–Crippen MR) is 49.2 cm³/mol. The molecule has 0 aromatic carbocycles. The Labute approximate surface area is 76.2 Å². The van der Waals surface area contributed by atoms with Crippen LogP contribution in [0, 0.1) is 0 Å². The molecule has 0 fully saturated rings. The fraction of sp³-hybridized carbons (Fsp3) is 0.429. The molecule has 2 N–H and O–H groups in total. The van der Waals surface area contributed by atoms with Crippen LogP contribution in [0.4, 0.5) is 0 Å². The molecule has 4 nitrogen and oxygen atoms in total. The van der Waals surface area contributed by atoms with Gasteiger partial charge in [-0.15, -0.1) is 0 Å². The Hall–Kier alpha value is -0.970. The Bertz CT molecular complexity index is 235. The van der Waals surface area contributed by atoms with E-state index in [0.29, 0.717) is 6.54 Å². The maximum atomic E-state index is 10.7. The number of hydrogen-bond acceptors (Lipinski definition) is 3. The summed E-state index contributed by atoms with van der Waals surface area (Å²) in [7, 11) is 0.